The number of carbonyl (C=O) groups excluding carboxylic acids is 1. The lowest BCUT2D eigenvalue weighted by Gasteiger charge is -2.06. The van der Waals surface area contributed by atoms with Crippen molar-refractivity contribution in [2.24, 2.45) is 0 Å². The molecule has 19 heavy (non-hydrogen) atoms. The number of ether oxygens (including phenoxy) is 1. The first-order valence-electron chi connectivity index (χ1n) is 5.03. The average molecular weight is 264 g/mol. The smallest absolute Gasteiger partial charge is 0.315 e. The number of methoxy groups -OCH3 is 1. The van der Waals surface area contributed by atoms with E-state index in [0.717, 1.165) is 12.3 Å². The van der Waals surface area contributed by atoms with Crippen LogP contribution in [0, 0.1) is 10.1 Å². The Morgan fingerprint density at radius 3 is 2.84 bits per heavy atom. The van der Waals surface area contributed by atoms with E-state index in [2.05, 4.69) is 9.68 Å². The van der Waals surface area contributed by atoms with Crippen molar-refractivity contribution in [3.8, 4) is 22.8 Å². The summed E-state index contributed by atoms with van der Waals surface area (Å²) in [5, 5.41) is 24.2. The van der Waals surface area contributed by atoms with Crippen molar-refractivity contribution in [3.63, 3.8) is 0 Å². The van der Waals surface area contributed by atoms with E-state index in [4.69, 9.17) is 4.74 Å². The molecule has 1 N–H and O–H groups in total. The molecule has 8 nitrogen and oxygen atoms in total. The fourth-order valence-corrected chi connectivity index (χ4v) is 1.63. The van der Waals surface area contributed by atoms with E-state index in [0.29, 0.717) is 6.29 Å². The van der Waals surface area contributed by atoms with Crippen molar-refractivity contribution in [3.05, 3.63) is 34.1 Å². The number of aromatic hydroxyl groups is 1. The molecule has 2 rings (SSSR count). The van der Waals surface area contributed by atoms with E-state index in [9.17, 15) is 20.0 Å². The first kappa shape index (κ1) is 12.6. The number of rotatable bonds is 4. The van der Waals surface area contributed by atoms with Crippen molar-refractivity contribution in [1.82, 2.24) is 5.16 Å². The lowest BCUT2D eigenvalue weighted by molar-refractivity contribution is -0.385. The summed E-state index contributed by atoms with van der Waals surface area (Å²) >= 11 is 0. The van der Waals surface area contributed by atoms with Crippen LogP contribution in [0.4, 0.5) is 5.69 Å². The molecule has 0 saturated carbocycles. The Hall–Kier alpha value is -2.90. The quantitative estimate of drug-likeness (QED) is 0.508. The van der Waals surface area contributed by atoms with Gasteiger partial charge in [0.2, 0.25) is 5.75 Å². The summed E-state index contributed by atoms with van der Waals surface area (Å²) < 4.78 is 9.39. The van der Waals surface area contributed by atoms with Crippen LogP contribution in [0.15, 0.2) is 22.9 Å². The number of nitro groups is 1. The second-order valence-corrected chi connectivity index (χ2v) is 3.54. The van der Waals surface area contributed by atoms with E-state index in [1.807, 2.05) is 0 Å². The number of hydrogen-bond acceptors (Lipinski definition) is 7. The molecule has 0 saturated heterocycles. The van der Waals surface area contributed by atoms with E-state index in [1.54, 1.807) is 0 Å². The average Bonchev–Trinajstić information content (AvgIpc) is 2.85. The highest BCUT2D eigenvalue weighted by Crippen LogP contribution is 2.40. The summed E-state index contributed by atoms with van der Waals surface area (Å²) in [7, 11) is 1.20. The second-order valence-electron chi connectivity index (χ2n) is 3.54. The molecule has 8 heteroatoms. The molecular formula is C11H8N2O6. The SMILES string of the molecule is COc1c(O)cc(-c2nocc2C=O)cc1[N+](=O)[O-]. The standard InChI is InChI=1S/C11H8N2O6/c1-18-11-8(13(16)17)2-6(3-9(11)15)10-7(4-14)5-19-12-10/h2-5,15H,1H3. The summed E-state index contributed by atoms with van der Waals surface area (Å²) in [6.07, 6.45) is 1.61. The lowest BCUT2D eigenvalue weighted by Crippen LogP contribution is -1.95. The number of benzene rings is 1. The van der Waals surface area contributed by atoms with Gasteiger partial charge >= 0.3 is 5.69 Å². The molecule has 0 fully saturated rings. The number of aldehydes is 1. The Labute approximate surface area is 106 Å². The first-order valence-corrected chi connectivity index (χ1v) is 5.03. The third-order valence-corrected chi connectivity index (χ3v) is 2.45. The molecule has 2 aromatic rings. The topological polar surface area (TPSA) is 116 Å². The van der Waals surface area contributed by atoms with Crippen LogP contribution in [0.25, 0.3) is 11.3 Å². The zero-order valence-corrected chi connectivity index (χ0v) is 9.69. The molecular weight excluding hydrogens is 256 g/mol. The minimum absolute atomic E-state index is 0.107. The van der Waals surface area contributed by atoms with Crippen molar-refractivity contribution >= 4 is 12.0 Å². The van der Waals surface area contributed by atoms with E-state index in [-0.39, 0.29) is 22.6 Å². The highest BCUT2D eigenvalue weighted by molar-refractivity contribution is 5.86. The van der Waals surface area contributed by atoms with Gasteiger partial charge in [0.1, 0.15) is 12.0 Å². The summed E-state index contributed by atoms with van der Waals surface area (Å²) in [4.78, 5) is 21.0. The second kappa shape index (κ2) is 4.77. The van der Waals surface area contributed by atoms with Gasteiger partial charge in [-0.3, -0.25) is 14.9 Å². The zero-order valence-electron chi connectivity index (χ0n) is 9.69. The number of phenols is 1. The maximum atomic E-state index is 10.9. The maximum absolute atomic E-state index is 10.9. The number of hydrogen-bond donors (Lipinski definition) is 1. The molecule has 0 radical (unpaired) electrons. The monoisotopic (exact) mass is 264 g/mol. The molecule has 0 bridgehead atoms. The normalized spacial score (nSPS) is 10.2. The Morgan fingerprint density at radius 2 is 2.26 bits per heavy atom. The highest BCUT2D eigenvalue weighted by Gasteiger charge is 2.23. The van der Waals surface area contributed by atoms with Gasteiger partial charge in [-0.25, -0.2) is 0 Å². The molecule has 1 aromatic carbocycles. The van der Waals surface area contributed by atoms with Gasteiger partial charge in [-0.2, -0.15) is 0 Å². The zero-order chi connectivity index (χ0) is 14.0. The van der Waals surface area contributed by atoms with Crippen molar-refractivity contribution < 1.29 is 24.1 Å². The van der Waals surface area contributed by atoms with Crippen LogP contribution in [0.3, 0.4) is 0 Å². The van der Waals surface area contributed by atoms with Gasteiger partial charge < -0.3 is 14.4 Å². The van der Waals surface area contributed by atoms with Crippen molar-refractivity contribution in [2.45, 2.75) is 0 Å². The molecule has 0 spiro atoms. The number of nitro benzene ring substituents is 1. The minimum atomic E-state index is -0.706. The van der Waals surface area contributed by atoms with Gasteiger partial charge in [-0.05, 0) is 6.07 Å². The van der Waals surface area contributed by atoms with Crippen molar-refractivity contribution in [1.29, 1.82) is 0 Å². The number of nitrogens with zero attached hydrogens (tertiary/aromatic N) is 2. The van der Waals surface area contributed by atoms with Gasteiger partial charge in [0.15, 0.2) is 12.0 Å². The fraction of sp³-hybridized carbons (Fsp3) is 0.0909. The lowest BCUT2D eigenvalue weighted by atomic mass is 10.1. The molecule has 0 aliphatic heterocycles. The fourth-order valence-electron chi connectivity index (χ4n) is 1.63. The van der Waals surface area contributed by atoms with Crippen LogP contribution in [-0.2, 0) is 0 Å². The molecule has 1 aromatic heterocycles. The maximum Gasteiger partial charge on any atom is 0.315 e. The molecule has 0 amide bonds. The molecule has 98 valence electrons. The summed E-state index contributed by atoms with van der Waals surface area (Å²) in [6.45, 7) is 0. The highest BCUT2D eigenvalue weighted by atomic mass is 16.6. The molecule has 0 unspecified atom stereocenters. The molecule has 0 aliphatic carbocycles. The Balaban J connectivity index is 2.67. The Morgan fingerprint density at radius 1 is 1.53 bits per heavy atom. The van der Waals surface area contributed by atoms with Crippen LogP contribution in [0.1, 0.15) is 10.4 Å². The summed E-state index contributed by atoms with van der Waals surface area (Å²) in [6, 6.07) is 2.35. The van der Waals surface area contributed by atoms with Gasteiger partial charge in [-0.1, -0.05) is 5.16 Å². The van der Waals surface area contributed by atoms with Gasteiger partial charge in [-0.15, -0.1) is 0 Å². The molecule has 0 aliphatic rings. The van der Waals surface area contributed by atoms with Gasteiger partial charge in [0.05, 0.1) is 17.6 Å². The third-order valence-electron chi connectivity index (χ3n) is 2.45. The summed E-state index contributed by atoms with van der Waals surface area (Å²) in [5.41, 5.74) is -0.0203. The number of phenolic OH excluding ortho intramolecular Hbond substituents is 1. The van der Waals surface area contributed by atoms with Crippen LogP contribution >= 0.6 is 0 Å². The number of carbonyl (C=O) groups is 1. The largest absolute Gasteiger partial charge is 0.504 e. The predicted octanol–water partition coefficient (Wildman–Crippen LogP) is 1.78. The van der Waals surface area contributed by atoms with E-state index in [1.165, 1.54) is 13.2 Å². The van der Waals surface area contributed by atoms with Crippen LogP contribution in [0.5, 0.6) is 11.5 Å². The summed E-state index contributed by atoms with van der Waals surface area (Å²) in [5.74, 6) is -0.684. The van der Waals surface area contributed by atoms with Gasteiger partial charge in [0.25, 0.3) is 0 Å². The van der Waals surface area contributed by atoms with Crippen molar-refractivity contribution in [2.75, 3.05) is 7.11 Å². The Kier molecular flexibility index (Phi) is 3.15. The third kappa shape index (κ3) is 2.10. The Bertz CT molecular complexity index is 649. The molecule has 0 atom stereocenters. The molecule has 1 heterocycles. The van der Waals surface area contributed by atoms with Crippen LogP contribution in [-0.4, -0.2) is 28.6 Å². The predicted molar refractivity (Wildman–Crippen MR) is 62.2 cm³/mol. The van der Waals surface area contributed by atoms with Crippen LogP contribution < -0.4 is 4.74 Å². The van der Waals surface area contributed by atoms with Crippen LogP contribution in [0.2, 0.25) is 0 Å². The van der Waals surface area contributed by atoms with E-state index < -0.39 is 16.4 Å². The van der Waals surface area contributed by atoms with E-state index >= 15 is 0 Å². The minimum Gasteiger partial charge on any atom is -0.504 e. The van der Waals surface area contributed by atoms with Gasteiger partial charge in [0, 0.05) is 11.6 Å². The number of aromatic nitrogens is 1. The first-order chi connectivity index (χ1) is 9.08.